The zero-order chi connectivity index (χ0) is 15.4. The number of benzene rings is 2. The second-order valence-corrected chi connectivity index (χ2v) is 5.59. The van der Waals surface area contributed by atoms with Crippen molar-refractivity contribution in [3.63, 3.8) is 0 Å². The molecule has 1 aliphatic rings. The lowest BCUT2D eigenvalue weighted by molar-refractivity contribution is -0.118. The summed E-state index contributed by atoms with van der Waals surface area (Å²) in [5.74, 6) is 1.05. The van der Waals surface area contributed by atoms with Crippen molar-refractivity contribution in [1.29, 1.82) is 0 Å². The van der Waals surface area contributed by atoms with E-state index < -0.39 is 0 Å². The molecule has 3 rings (SSSR count). The largest absolute Gasteiger partial charge is 0.496 e. The molecule has 114 valence electrons. The molecule has 0 spiro atoms. The Morgan fingerprint density at radius 2 is 1.91 bits per heavy atom. The number of fused-ring (bicyclic) bond motifs is 1. The van der Waals surface area contributed by atoms with Gasteiger partial charge in [0, 0.05) is 18.7 Å². The average Bonchev–Trinajstić information content (AvgIpc) is 2.59. The van der Waals surface area contributed by atoms with Gasteiger partial charge in [-0.2, -0.15) is 0 Å². The van der Waals surface area contributed by atoms with E-state index in [0.717, 1.165) is 36.4 Å². The Bertz CT molecular complexity index is 666. The van der Waals surface area contributed by atoms with Crippen molar-refractivity contribution in [3.8, 4) is 5.75 Å². The van der Waals surface area contributed by atoms with Crippen molar-refractivity contribution < 1.29 is 9.53 Å². The van der Waals surface area contributed by atoms with E-state index in [1.807, 2.05) is 41.3 Å². The minimum Gasteiger partial charge on any atom is -0.496 e. The second-order valence-electron chi connectivity index (χ2n) is 5.59. The third-order valence-corrected chi connectivity index (χ3v) is 4.21. The van der Waals surface area contributed by atoms with E-state index in [0.29, 0.717) is 12.8 Å². The molecular formula is C19H21NO2. The van der Waals surface area contributed by atoms with Crippen LogP contribution in [0, 0.1) is 0 Å². The average molecular weight is 295 g/mol. The van der Waals surface area contributed by atoms with Crippen LogP contribution in [0.3, 0.4) is 0 Å². The number of amides is 1. The molecule has 0 aliphatic carbocycles. The number of ether oxygens (including phenoxy) is 1. The van der Waals surface area contributed by atoms with Crippen LogP contribution >= 0.6 is 0 Å². The zero-order valence-corrected chi connectivity index (χ0v) is 12.9. The highest BCUT2D eigenvalue weighted by Gasteiger charge is 2.21. The van der Waals surface area contributed by atoms with Gasteiger partial charge in [0.2, 0.25) is 5.91 Å². The summed E-state index contributed by atoms with van der Waals surface area (Å²) in [7, 11) is 1.67. The number of aryl methyl sites for hydroxylation is 2. The smallest absolute Gasteiger partial charge is 0.227 e. The van der Waals surface area contributed by atoms with E-state index in [9.17, 15) is 4.79 Å². The summed E-state index contributed by atoms with van der Waals surface area (Å²) in [6, 6.07) is 16.1. The number of methoxy groups -OCH3 is 1. The Hall–Kier alpha value is -2.29. The number of anilines is 1. The van der Waals surface area contributed by atoms with Gasteiger partial charge in [-0.15, -0.1) is 0 Å². The highest BCUT2D eigenvalue weighted by atomic mass is 16.5. The fourth-order valence-electron chi connectivity index (χ4n) is 3.08. The van der Waals surface area contributed by atoms with Gasteiger partial charge in [-0.1, -0.05) is 36.4 Å². The predicted molar refractivity (Wildman–Crippen MR) is 88.4 cm³/mol. The van der Waals surface area contributed by atoms with Gasteiger partial charge >= 0.3 is 0 Å². The summed E-state index contributed by atoms with van der Waals surface area (Å²) in [5, 5.41) is 0. The quantitative estimate of drug-likeness (QED) is 0.862. The molecule has 0 N–H and O–H groups in total. The Balaban J connectivity index is 1.71. The van der Waals surface area contributed by atoms with E-state index >= 15 is 0 Å². The molecule has 3 heteroatoms. The van der Waals surface area contributed by atoms with Crippen LogP contribution in [-0.4, -0.2) is 19.6 Å². The highest BCUT2D eigenvalue weighted by Crippen LogP contribution is 2.28. The van der Waals surface area contributed by atoms with Gasteiger partial charge in [0.15, 0.2) is 0 Å². The molecule has 1 heterocycles. The monoisotopic (exact) mass is 295 g/mol. The summed E-state index contributed by atoms with van der Waals surface area (Å²) in [6.07, 6.45) is 3.32. The molecule has 0 saturated carbocycles. The lowest BCUT2D eigenvalue weighted by atomic mass is 10.0. The maximum atomic E-state index is 12.6. The standard InChI is InChI=1S/C19H21NO2/c1-22-18-11-5-3-8-16(18)12-13-19(21)20-14-6-9-15-7-2-4-10-17(15)20/h2-5,7-8,10-11H,6,9,12-14H2,1H3. The minimum absolute atomic E-state index is 0.193. The summed E-state index contributed by atoms with van der Waals surface area (Å²) < 4.78 is 5.35. The Kier molecular flexibility index (Phi) is 4.42. The first-order chi connectivity index (χ1) is 10.8. The molecule has 3 nitrogen and oxygen atoms in total. The van der Waals surface area contributed by atoms with Crippen LogP contribution in [0.15, 0.2) is 48.5 Å². The number of carbonyl (C=O) groups is 1. The van der Waals surface area contributed by atoms with Gasteiger partial charge in [-0.3, -0.25) is 4.79 Å². The summed E-state index contributed by atoms with van der Waals surface area (Å²) in [4.78, 5) is 14.6. The number of nitrogens with zero attached hydrogens (tertiary/aromatic N) is 1. The van der Waals surface area contributed by atoms with Crippen molar-refractivity contribution in [2.24, 2.45) is 0 Å². The number of carbonyl (C=O) groups excluding carboxylic acids is 1. The molecule has 0 aromatic heterocycles. The Morgan fingerprint density at radius 3 is 2.77 bits per heavy atom. The van der Waals surface area contributed by atoms with Crippen molar-refractivity contribution >= 4 is 11.6 Å². The van der Waals surface area contributed by atoms with E-state index in [-0.39, 0.29) is 5.91 Å². The van der Waals surface area contributed by atoms with Crippen molar-refractivity contribution in [1.82, 2.24) is 0 Å². The van der Waals surface area contributed by atoms with Crippen LogP contribution in [0.2, 0.25) is 0 Å². The van der Waals surface area contributed by atoms with Crippen molar-refractivity contribution in [3.05, 3.63) is 59.7 Å². The number of rotatable bonds is 4. The number of hydrogen-bond acceptors (Lipinski definition) is 2. The first kappa shape index (κ1) is 14.6. The maximum absolute atomic E-state index is 12.6. The molecule has 0 bridgehead atoms. The van der Waals surface area contributed by atoms with Crippen LogP contribution < -0.4 is 9.64 Å². The molecule has 1 amide bonds. The third-order valence-electron chi connectivity index (χ3n) is 4.21. The lowest BCUT2D eigenvalue weighted by Crippen LogP contribution is -2.35. The van der Waals surface area contributed by atoms with E-state index in [1.54, 1.807) is 7.11 Å². The maximum Gasteiger partial charge on any atom is 0.227 e. The van der Waals surface area contributed by atoms with Gasteiger partial charge in [0.1, 0.15) is 5.75 Å². The number of para-hydroxylation sites is 2. The molecule has 0 fully saturated rings. The fraction of sp³-hybridized carbons (Fsp3) is 0.316. The molecule has 1 aliphatic heterocycles. The predicted octanol–water partition coefficient (Wildman–Crippen LogP) is 3.61. The Labute approximate surface area is 131 Å². The molecule has 2 aromatic rings. The van der Waals surface area contributed by atoms with Crippen LogP contribution in [0.5, 0.6) is 5.75 Å². The first-order valence-corrected chi connectivity index (χ1v) is 7.80. The fourth-order valence-corrected chi connectivity index (χ4v) is 3.08. The van der Waals surface area contributed by atoms with Crippen LogP contribution in [0.4, 0.5) is 5.69 Å². The van der Waals surface area contributed by atoms with Crippen molar-refractivity contribution in [2.45, 2.75) is 25.7 Å². The van der Waals surface area contributed by atoms with Gasteiger partial charge in [0.05, 0.1) is 7.11 Å². The van der Waals surface area contributed by atoms with Gasteiger partial charge < -0.3 is 9.64 Å². The molecule has 22 heavy (non-hydrogen) atoms. The topological polar surface area (TPSA) is 29.5 Å². The SMILES string of the molecule is COc1ccccc1CCC(=O)N1CCCc2ccccc21. The van der Waals surface area contributed by atoms with Crippen LogP contribution in [-0.2, 0) is 17.6 Å². The second kappa shape index (κ2) is 6.65. The molecule has 0 unspecified atom stereocenters. The Morgan fingerprint density at radius 1 is 1.14 bits per heavy atom. The molecule has 0 radical (unpaired) electrons. The van der Waals surface area contributed by atoms with E-state index in [4.69, 9.17) is 4.74 Å². The summed E-state index contributed by atoms with van der Waals surface area (Å²) in [6.45, 7) is 0.821. The van der Waals surface area contributed by atoms with E-state index in [1.165, 1.54) is 5.56 Å². The summed E-state index contributed by atoms with van der Waals surface area (Å²) in [5.41, 5.74) is 3.45. The van der Waals surface area contributed by atoms with Gasteiger partial charge in [0.25, 0.3) is 0 Å². The highest BCUT2D eigenvalue weighted by molar-refractivity contribution is 5.94. The third kappa shape index (κ3) is 2.98. The minimum atomic E-state index is 0.193. The van der Waals surface area contributed by atoms with Crippen LogP contribution in [0.25, 0.3) is 0 Å². The normalized spacial score (nSPS) is 13.6. The number of hydrogen-bond donors (Lipinski definition) is 0. The van der Waals surface area contributed by atoms with Crippen LogP contribution in [0.1, 0.15) is 24.0 Å². The molecule has 0 atom stereocenters. The zero-order valence-electron chi connectivity index (χ0n) is 12.9. The first-order valence-electron chi connectivity index (χ1n) is 7.80. The van der Waals surface area contributed by atoms with Crippen molar-refractivity contribution in [2.75, 3.05) is 18.6 Å². The lowest BCUT2D eigenvalue weighted by Gasteiger charge is -2.29. The van der Waals surface area contributed by atoms with Gasteiger partial charge in [-0.05, 0) is 42.5 Å². The summed E-state index contributed by atoms with van der Waals surface area (Å²) >= 11 is 0. The van der Waals surface area contributed by atoms with E-state index in [2.05, 4.69) is 12.1 Å². The molecule has 2 aromatic carbocycles. The molecular weight excluding hydrogens is 274 g/mol. The molecule has 0 saturated heterocycles. The van der Waals surface area contributed by atoms with Gasteiger partial charge in [-0.25, -0.2) is 0 Å².